The quantitative estimate of drug-likeness (QED) is 0.633. The van der Waals surface area contributed by atoms with Crippen LogP contribution in [-0.2, 0) is 0 Å². The average Bonchev–Trinajstić information content (AvgIpc) is 2.40. The molecule has 18 heavy (non-hydrogen) atoms. The first-order valence-corrected chi connectivity index (χ1v) is 8.21. The molecule has 0 heterocycles. The Bertz CT molecular complexity index is 320. The van der Waals surface area contributed by atoms with E-state index in [1.54, 1.807) is 0 Å². The highest BCUT2D eigenvalue weighted by Crippen LogP contribution is 2.26. The van der Waals surface area contributed by atoms with Crippen molar-refractivity contribution in [1.29, 1.82) is 0 Å². The summed E-state index contributed by atoms with van der Waals surface area (Å²) in [6.45, 7) is 4.60. The van der Waals surface area contributed by atoms with E-state index >= 15 is 0 Å². The number of hydrogen-bond donors (Lipinski definition) is 1. The first-order chi connectivity index (χ1) is 8.71. The number of halogens is 1. The highest BCUT2D eigenvalue weighted by molar-refractivity contribution is 14.1. The lowest BCUT2D eigenvalue weighted by atomic mass is 9.89. The number of hydrogen-bond acceptors (Lipinski definition) is 1. The van der Waals surface area contributed by atoms with Gasteiger partial charge in [0.2, 0.25) is 0 Å². The van der Waals surface area contributed by atoms with Gasteiger partial charge in [0.15, 0.2) is 0 Å². The summed E-state index contributed by atoms with van der Waals surface area (Å²) in [5, 5.41) is 3.48. The van der Waals surface area contributed by atoms with Gasteiger partial charge in [-0.1, -0.05) is 51.7 Å². The molecular formula is C16H26IN. The first kappa shape index (κ1) is 16.0. The highest BCUT2D eigenvalue weighted by Gasteiger charge is 2.15. The summed E-state index contributed by atoms with van der Waals surface area (Å²) in [6, 6.07) is 9.43. The van der Waals surface area contributed by atoms with Gasteiger partial charge in [0, 0.05) is 9.61 Å². The molecule has 1 rings (SSSR count). The summed E-state index contributed by atoms with van der Waals surface area (Å²) >= 11 is 2.36. The normalized spacial score (nSPS) is 14.4. The molecule has 0 spiro atoms. The minimum absolute atomic E-state index is 0.504. The van der Waals surface area contributed by atoms with E-state index in [1.165, 1.54) is 41.2 Å². The topological polar surface area (TPSA) is 12.0 Å². The van der Waals surface area contributed by atoms with Gasteiger partial charge in [-0.3, -0.25) is 0 Å². The van der Waals surface area contributed by atoms with Crippen LogP contribution in [0.5, 0.6) is 0 Å². The molecule has 0 bridgehead atoms. The summed E-state index contributed by atoms with van der Waals surface area (Å²) in [5.74, 6) is 0.849. The Morgan fingerprint density at radius 3 is 2.33 bits per heavy atom. The molecule has 0 radical (unpaired) electrons. The van der Waals surface area contributed by atoms with Crippen LogP contribution < -0.4 is 5.32 Å². The summed E-state index contributed by atoms with van der Waals surface area (Å²) in [7, 11) is 2.08. The van der Waals surface area contributed by atoms with Crippen molar-refractivity contribution in [1.82, 2.24) is 5.32 Å². The molecule has 0 saturated heterocycles. The van der Waals surface area contributed by atoms with Crippen molar-refractivity contribution in [3.63, 3.8) is 0 Å². The van der Waals surface area contributed by atoms with E-state index < -0.39 is 0 Å². The lowest BCUT2D eigenvalue weighted by molar-refractivity contribution is 0.365. The zero-order chi connectivity index (χ0) is 13.4. The summed E-state index contributed by atoms with van der Waals surface area (Å²) in [5.41, 5.74) is 1.42. The van der Waals surface area contributed by atoms with Crippen LogP contribution >= 0.6 is 22.6 Å². The SMILES string of the molecule is CCCCC(CC)CC(NC)c1ccc(I)cc1. The van der Waals surface area contributed by atoms with Crippen LogP contribution in [-0.4, -0.2) is 7.05 Å². The smallest absolute Gasteiger partial charge is 0.0320 e. The Labute approximate surface area is 126 Å². The minimum Gasteiger partial charge on any atom is -0.313 e. The second-order valence-corrected chi connectivity index (χ2v) is 6.29. The van der Waals surface area contributed by atoms with E-state index in [0.29, 0.717) is 6.04 Å². The largest absolute Gasteiger partial charge is 0.313 e. The van der Waals surface area contributed by atoms with Crippen molar-refractivity contribution in [2.75, 3.05) is 7.05 Å². The van der Waals surface area contributed by atoms with Crippen LogP contribution in [0.2, 0.25) is 0 Å². The zero-order valence-electron chi connectivity index (χ0n) is 11.9. The third-order valence-electron chi connectivity index (χ3n) is 3.73. The van der Waals surface area contributed by atoms with Gasteiger partial charge in [-0.2, -0.15) is 0 Å². The Morgan fingerprint density at radius 2 is 1.83 bits per heavy atom. The molecule has 0 amide bonds. The second-order valence-electron chi connectivity index (χ2n) is 5.05. The Morgan fingerprint density at radius 1 is 1.17 bits per heavy atom. The van der Waals surface area contributed by atoms with Crippen LogP contribution in [0.25, 0.3) is 0 Å². The maximum Gasteiger partial charge on any atom is 0.0320 e. The van der Waals surface area contributed by atoms with Gasteiger partial charge in [0.25, 0.3) is 0 Å². The van der Waals surface area contributed by atoms with Gasteiger partial charge >= 0.3 is 0 Å². The zero-order valence-corrected chi connectivity index (χ0v) is 14.0. The molecule has 1 nitrogen and oxygen atoms in total. The predicted octanol–water partition coefficient (Wildman–Crippen LogP) is 5.16. The number of rotatable bonds is 8. The lowest BCUT2D eigenvalue weighted by Gasteiger charge is -2.23. The fourth-order valence-corrected chi connectivity index (χ4v) is 2.79. The molecule has 2 heteroatoms. The molecule has 0 aromatic heterocycles. The Hall–Kier alpha value is -0.0900. The van der Waals surface area contributed by atoms with E-state index in [1.807, 2.05) is 0 Å². The average molecular weight is 359 g/mol. The molecule has 2 atom stereocenters. The maximum atomic E-state index is 3.48. The molecule has 1 aromatic carbocycles. The van der Waals surface area contributed by atoms with Crippen molar-refractivity contribution in [2.45, 2.75) is 52.0 Å². The Balaban J connectivity index is 2.62. The summed E-state index contributed by atoms with van der Waals surface area (Å²) in [6.07, 6.45) is 6.59. The van der Waals surface area contributed by atoms with Crippen molar-refractivity contribution in [2.24, 2.45) is 5.92 Å². The molecular weight excluding hydrogens is 333 g/mol. The van der Waals surface area contributed by atoms with Crippen molar-refractivity contribution < 1.29 is 0 Å². The summed E-state index contributed by atoms with van der Waals surface area (Å²) < 4.78 is 1.31. The molecule has 0 aliphatic heterocycles. The molecule has 102 valence electrons. The van der Waals surface area contributed by atoms with Crippen molar-refractivity contribution in [3.05, 3.63) is 33.4 Å². The van der Waals surface area contributed by atoms with Crippen molar-refractivity contribution in [3.8, 4) is 0 Å². The molecule has 1 N–H and O–H groups in total. The van der Waals surface area contributed by atoms with E-state index in [0.717, 1.165) is 5.92 Å². The third-order valence-corrected chi connectivity index (χ3v) is 4.45. The number of nitrogens with one attached hydrogen (secondary N) is 1. The molecule has 1 aromatic rings. The fraction of sp³-hybridized carbons (Fsp3) is 0.625. The van der Waals surface area contributed by atoms with Gasteiger partial charge in [-0.05, 0) is 59.7 Å². The third kappa shape index (κ3) is 5.27. The first-order valence-electron chi connectivity index (χ1n) is 7.13. The van der Waals surface area contributed by atoms with Crippen LogP contribution in [0.15, 0.2) is 24.3 Å². The van der Waals surface area contributed by atoms with Crippen molar-refractivity contribution >= 4 is 22.6 Å². The standard InChI is InChI=1S/C16H26IN/c1-4-6-7-13(5-2)12-16(18-3)14-8-10-15(17)11-9-14/h8-11,13,16,18H,4-7,12H2,1-3H3. The minimum atomic E-state index is 0.504. The van der Waals surface area contributed by atoms with Crippen LogP contribution in [0.4, 0.5) is 0 Å². The van der Waals surface area contributed by atoms with Gasteiger partial charge in [0.1, 0.15) is 0 Å². The second kappa shape index (κ2) is 8.92. The van der Waals surface area contributed by atoms with E-state index in [-0.39, 0.29) is 0 Å². The monoisotopic (exact) mass is 359 g/mol. The molecule has 0 fully saturated rings. The Kier molecular flexibility index (Phi) is 7.91. The van der Waals surface area contributed by atoms with E-state index in [4.69, 9.17) is 0 Å². The van der Waals surface area contributed by atoms with Gasteiger partial charge < -0.3 is 5.32 Å². The molecule has 2 unspecified atom stereocenters. The molecule has 0 saturated carbocycles. The fourth-order valence-electron chi connectivity index (χ4n) is 2.43. The number of unbranched alkanes of at least 4 members (excludes halogenated alkanes) is 1. The predicted molar refractivity (Wildman–Crippen MR) is 88.9 cm³/mol. The van der Waals surface area contributed by atoms with Crippen LogP contribution in [0.3, 0.4) is 0 Å². The van der Waals surface area contributed by atoms with E-state index in [2.05, 4.69) is 73.1 Å². The van der Waals surface area contributed by atoms with Crippen LogP contribution in [0, 0.1) is 9.49 Å². The number of benzene rings is 1. The lowest BCUT2D eigenvalue weighted by Crippen LogP contribution is -2.19. The highest BCUT2D eigenvalue weighted by atomic mass is 127. The summed E-state index contributed by atoms with van der Waals surface area (Å²) in [4.78, 5) is 0. The van der Waals surface area contributed by atoms with Gasteiger partial charge in [0.05, 0.1) is 0 Å². The van der Waals surface area contributed by atoms with E-state index in [9.17, 15) is 0 Å². The van der Waals surface area contributed by atoms with Crippen LogP contribution in [0.1, 0.15) is 57.6 Å². The molecule has 0 aliphatic rings. The van der Waals surface area contributed by atoms with Gasteiger partial charge in [-0.15, -0.1) is 0 Å². The van der Waals surface area contributed by atoms with Gasteiger partial charge in [-0.25, -0.2) is 0 Å². The molecule has 0 aliphatic carbocycles. The maximum absolute atomic E-state index is 3.48.